The van der Waals surface area contributed by atoms with Crippen LogP contribution in [0.15, 0.2) is 30.3 Å². The molecule has 1 aromatic rings. The molecule has 170 valence electrons. The number of aliphatic hydroxyl groups excluding tert-OH is 7. The topological polar surface area (TPSA) is 179 Å². The lowest BCUT2D eigenvalue weighted by Crippen LogP contribution is -2.64. The number of hydrogen-bond acceptors (Lipinski definition) is 11. The Morgan fingerprint density at radius 2 is 1.30 bits per heavy atom. The van der Waals surface area contributed by atoms with E-state index in [1.54, 1.807) is 12.1 Å². The smallest absolute Gasteiger partial charge is 0.187 e. The third-order valence-corrected chi connectivity index (χ3v) is 5.22. The van der Waals surface area contributed by atoms with Gasteiger partial charge >= 0.3 is 0 Å². The van der Waals surface area contributed by atoms with Gasteiger partial charge in [-0.25, -0.2) is 0 Å². The molecule has 2 aliphatic heterocycles. The van der Waals surface area contributed by atoms with E-state index >= 15 is 0 Å². The highest BCUT2D eigenvalue weighted by Gasteiger charge is 2.50. The molecule has 0 aliphatic carbocycles. The Bertz CT molecular complexity index is 643. The molecule has 0 unspecified atom stereocenters. The van der Waals surface area contributed by atoms with Crippen molar-refractivity contribution < 1.29 is 54.7 Å². The fraction of sp³-hybridized carbons (Fsp3) is 0.684. The third-order valence-electron chi connectivity index (χ3n) is 5.22. The van der Waals surface area contributed by atoms with Crippen molar-refractivity contribution in [2.75, 3.05) is 13.2 Å². The molecule has 2 saturated heterocycles. The lowest BCUT2D eigenvalue weighted by atomic mass is 9.97. The van der Waals surface area contributed by atoms with Crippen LogP contribution in [0.25, 0.3) is 0 Å². The summed E-state index contributed by atoms with van der Waals surface area (Å²) in [4.78, 5) is 0. The van der Waals surface area contributed by atoms with E-state index in [0.29, 0.717) is 0 Å². The van der Waals surface area contributed by atoms with Crippen molar-refractivity contribution in [2.24, 2.45) is 0 Å². The molecule has 2 fully saturated rings. The van der Waals surface area contributed by atoms with Crippen molar-refractivity contribution in [3.8, 4) is 0 Å². The van der Waals surface area contributed by atoms with E-state index in [0.717, 1.165) is 5.56 Å². The predicted molar refractivity (Wildman–Crippen MR) is 97.6 cm³/mol. The number of hydrogen-bond donors (Lipinski definition) is 7. The van der Waals surface area contributed by atoms with E-state index in [1.807, 2.05) is 18.2 Å². The van der Waals surface area contributed by atoms with Gasteiger partial charge in [0.15, 0.2) is 12.6 Å². The van der Waals surface area contributed by atoms with Gasteiger partial charge in [0.2, 0.25) is 0 Å². The summed E-state index contributed by atoms with van der Waals surface area (Å²) >= 11 is 0. The average molecular weight is 432 g/mol. The first-order chi connectivity index (χ1) is 14.4. The van der Waals surface area contributed by atoms with Gasteiger partial charge in [-0.3, -0.25) is 0 Å². The van der Waals surface area contributed by atoms with Gasteiger partial charge in [-0.05, 0) is 5.56 Å². The molecule has 0 saturated carbocycles. The first-order valence-corrected chi connectivity index (χ1v) is 9.61. The van der Waals surface area contributed by atoms with Crippen molar-refractivity contribution >= 4 is 0 Å². The van der Waals surface area contributed by atoms with Crippen LogP contribution in [0.3, 0.4) is 0 Å². The zero-order valence-corrected chi connectivity index (χ0v) is 16.0. The molecule has 0 bridgehead atoms. The molecule has 30 heavy (non-hydrogen) atoms. The largest absolute Gasteiger partial charge is 0.394 e. The van der Waals surface area contributed by atoms with Gasteiger partial charge in [0.1, 0.15) is 48.8 Å². The van der Waals surface area contributed by atoms with Crippen LogP contribution in [-0.2, 0) is 25.6 Å². The first-order valence-electron chi connectivity index (χ1n) is 9.61. The molecule has 0 amide bonds. The van der Waals surface area contributed by atoms with Gasteiger partial charge in [-0.15, -0.1) is 0 Å². The summed E-state index contributed by atoms with van der Waals surface area (Å²) in [5.41, 5.74) is 0.808. The quantitative estimate of drug-likeness (QED) is 0.231. The summed E-state index contributed by atoms with van der Waals surface area (Å²) in [6, 6.07) is 9.07. The number of benzene rings is 1. The Balaban J connectivity index is 1.66. The fourth-order valence-electron chi connectivity index (χ4n) is 3.45. The predicted octanol–water partition coefficient (Wildman–Crippen LogP) is -3.17. The summed E-state index contributed by atoms with van der Waals surface area (Å²) < 4.78 is 21.8. The van der Waals surface area contributed by atoms with Gasteiger partial charge in [0, 0.05) is 0 Å². The van der Waals surface area contributed by atoms with E-state index in [-0.39, 0.29) is 6.61 Å². The normalized spacial score (nSPS) is 42.2. The molecule has 3 rings (SSSR count). The van der Waals surface area contributed by atoms with Crippen LogP contribution < -0.4 is 0 Å². The summed E-state index contributed by atoms with van der Waals surface area (Å²) in [5, 5.41) is 69.7. The molecule has 11 nitrogen and oxygen atoms in total. The van der Waals surface area contributed by atoms with Gasteiger partial charge in [0.25, 0.3) is 0 Å². The maximum atomic E-state index is 10.5. The Kier molecular flexibility index (Phi) is 8.12. The van der Waals surface area contributed by atoms with Crippen LogP contribution in [0, 0.1) is 0 Å². The minimum Gasteiger partial charge on any atom is -0.394 e. The first kappa shape index (κ1) is 23.4. The summed E-state index contributed by atoms with van der Waals surface area (Å²) in [6.45, 7) is -1.18. The average Bonchev–Trinajstić information content (AvgIpc) is 2.77. The monoisotopic (exact) mass is 432 g/mol. The zero-order chi connectivity index (χ0) is 21.8. The second-order valence-electron chi connectivity index (χ2n) is 7.30. The minimum atomic E-state index is -1.71. The standard InChI is InChI=1S/C19H28O11/c20-6-10-12(22)13(23)15(25)19(28-10)30-17-11(7-21)29-18(16(26)14(17)24)27-8-9-4-2-1-3-5-9/h1-5,10-26H,6-8H2/t10-,11-,12-,13-,14+,15+,16-,17+,18+,19-/m0/s1. The maximum Gasteiger partial charge on any atom is 0.187 e. The van der Waals surface area contributed by atoms with Crippen molar-refractivity contribution in [2.45, 2.75) is 68.0 Å². The number of aliphatic hydroxyl groups is 7. The van der Waals surface area contributed by atoms with Crippen molar-refractivity contribution in [1.29, 1.82) is 0 Å². The molecule has 2 aliphatic rings. The molecule has 1 aromatic carbocycles. The Labute approximate surface area is 172 Å². The summed E-state index contributed by atoms with van der Waals surface area (Å²) in [6.07, 6.45) is -14.7. The van der Waals surface area contributed by atoms with E-state index < -0.39 is 74.6 Å². The summed E-state index contributed by atoms with van der Waals surface area (Å²) in [7, 11) is 0. The Hall–Kier alpha value is -1.22. The second-order valence-corrected chi connectivity index (χ2v) is 7.30. The highest BCUT2D eigenvalue weighted by molar-refractivity contribution is 5.13. The van der Waals surface area contributed by atoms with Crippen LogP contribution in [0.2, 0.25) is 0 Å². The van der Waals surface area contributed by atoms with Crippen LogP contribution in [0.1, 0.15) is 5.56 Å². The molecular formula is C19H28O11. The molecule has 0 radical (unpaired) electrons. The molecule has 10 atom stereocenters. The van der Waals surface area contributed by atoms with E-state index in [4.69, 9.17) is 18.9 Å². The van der Waals surface area contributed by atoms with Crippen molar-refractivity contribution in [3.05, 3.63) is 35.9 Å². The Morgan fingerprint density at radius 1 is 0.700 bits per heavy atom. The van der Waals surface area contributed by atoms with Crippen LogP contribution in [-0.4, -0.2) is 110 Å². The van der Waals surface area contributed by atoms with Gasteiger partial charge in [-0.1, -0.05) is 30.3 Å². The highest BCUT2D eigenvalue weighted by atomic mass is 16.7. The molecule has 7 N–H and O–H groups in total. The maximum absolute atomic E-state index is 10.5. The lowest BCUT2D eigenvalue weighted by Gasteiger charge is -2.45. The Morgan fingerprint density at radius 3 is 1.93 bits per heavy atom. The van der Waals surface area contributed by atoms with Crippen LogP contribution in [0.4, 0.5) is 0 Å². The van der Waals surface area contributed by atoms with Crippen molar-refractivity contribution in [1.82, 2.24) is 0 Å². The molecule has 2 heterocycles. The number of rotatable bonds is 7. The van der Waals surface area contributed by atoms with E-state index in [2.05, 4.69) is 0 Å². The van der Waals surface area contributed by atoms with Gasteiger partial charge in [-0.2, -0.15) is 0 Å². The van der Waals surface area contributed by atoms with Crippen molar-refractivity contribution in [3.63, 3.8) is 0 Å². The van der Waals surface area contributed by atoms with Crippen LogP contribution in [0.5, 0.6) is 0 Å². The van der Waals surface area contributed by atoms with E-state index in [1.165, 1.54) is 0 Å². The van der Waals surface area contributed by atoms with Crippen LogP contribution >= 0.6 is 0 Å². The SMILES string of the molecule is OC[C@@H]1O[C@@H](O[C@H]2[C@H](O)[C@H](O)[C@H](OCc3ccccc3)O[C@H]2CO)[C@H](O)[C@@H](O)[C@H]1O. The fourth-order valence-corrected chi connectivity index (χ4v) is 3.45. The minimum absolute atomic E-state index is 0.0890. The zero-order valence-electron chi connectivity index (χ0n) is 16.0. The van der Waals surface area contributed by atoms with Gasteiger partial charge < -0.3 is 54.7 Å². The van der Waals surface area contributed by atoms with E-state index in [9.17, 15) is 35.7 Å². The number of ether oxygens (including phenoxy) is 4. The summed E-state index contributed by atoms with van der Waals surface area (Å²) in [5.74, 6) is 0. The third kappa shape index (κ3) is 4.98. The lowest BCUT2D eigenvalue weighted by molar-refractivity contribution is -0.360. The second kappa shape index (κ2) is 10.4. The molecular weight excluding hydrogens is 404 g/mol. The highest BCUT2D eigenvalue weighted by Crippen LogP contribution is 2.29. The molecule has 0 aromatic heterocycles. The molecule has 11 heteroatoms. The van der Waals surface area contributed by atoms with Gasteiger partial charge in [0.05, 0.1) is 19.8 Å². The molecule has 0 spiro atoms.